The van der Waals surface area contributed by atoms with Crippen LogP contribution in [0, 0.1) is 11.8 Å². The van der Waals surface area contributed by atoms with Crippen LogP contribution in [0.4, 0.5) is 4.79 Å². The molecule has 0 aliphatic heterocycles. The average Bonchev–Trinajstić information content (AvgIpc) is 2.67. The van der Waals surface area contributed by atoms with Gasteiger partial charge >= 0.3 is 12.1 Å². The van der Waals surface area contributed by atoms with Gasteiger partial charge in [-0.3, -0.25) is 0 Å². The van der Waals surface area contributed by atoms with Crippen LogP contribution in [-0.2, 0) is 4.74 Å². The molecule has 1 aromatic heterocycles. The van der Waals surface area contributed by atoms with Crippen LogP contribution >= 0.6 is 0 Å². The summed E-state index contributed by atoms with van der Waals surface area (Å²) in [6, 6.07) is 8.42. The fourth-order valence-corrected chi connectivity index (χ4v) is 2.79. The zero-order valence-corrected chi connectivity index (χ0v) is 18.1. The van der Waals surface area contributed by atoms with Crippen LogP contribution in [0.3, 0.4) is 0 Å². The van der Waals surface area contributed by atoms with Crippen molar-refractivity contribution in [3.05, 3.63) is 53.3 Å². The van der Waals surface area contributed by atoms with Gasteiger partial charge in [-0.15, -0.1) is 0 Å². The molecule has 158 valence electrons. The minimum Gasteiger partial charge on any atom is -0.460 e. The zero-order chi connectivity index (χ0) is 21.6. The van der Waals surface area contributed by atoms with Gasteiger partial charge in [0.2, 0.25) is 0 Å². The summed E-state index contributed by atoms with van der Waals surface area (Å²) in [6.45, 7) is 8.10. The maximum Gasteiger partial charge on any atom is 0.407 e. The molecule has 1 N–H and O–H groups in total. The van der Waals surface area contributed by atoms with Gasteiger partial charge in [0, 0.05) is 24.5 Å². The van der Waals surface area contributed by atoms with E-state index in [1.54, 1.807) is 12.4 Å². The molecule has 1 unspecified atom stereocenters. The summed E-state index contributed by atoms with van der Waals surface area (Å²) in [5, 5.41) is 2.81. The van der Waals surface area contributed by atoms with Gasteiger partial charge in [0.1, 0.15) is 11.7 Å². The van der Waals surface area contributed by atoms with E-state index < -0.39 is 11.7 Å². The van der Waals surface area contributed by atoms with Crippen molar-refractivity contribution in [2.24, 2.45) is 0 Å². The molecule has 6 nitrogen and oxygen atoms in total. The number of alkyl carbamates (subject to hydrolysis) is 1. The summed E-state index contributed by atoms with van der Waals surface area (Å²) in [5.74, 6) is 6.36. The summed E-state index contributed by atoms with van der Waals surface area (Å²) in [5.41, 5.74) is 2.27. The van der Waals surface area contributed by atoms with Gasteiger partial charge in [-0.2, -0.15) is 0 Å². The molecular formula is C24H29N3O3. The van der Waals surface area contributed by atoms with E-state index in [9.17, 15) is 4.79 Å². The minimum atomic E-state index is -0.497. The lowest BCUT2D eigenvalue weighted by molar-refractivity contribution is 0.0525. The lowest BCUT2D eigenvalue weighted by Gasteiger charge is -2.24. The van der Waals surface area contributed by atoms with Crippen molar-refractivity contribution in [1.29, 1.82) is 0 Å². The first-order chi connectivity index (χ1) is 14.3. The van der Waals surface area contributed by atoms with Gasteiger partial charge in [0.25, 0.3) is 0 Å². The highest BCUT2D eigenvalue weighted by Crippen LogP contribution is 2.22. The second-order valence-corrected chi connectivity index (χ2v) is 8.58. The van der Waals surface area contributed by atoms with Gasteiger partial charge < -0.3 is 14.8 Å². The topological polar surface area (TPSA) is 73.3 Å². The lowest BCUT2D eigenvalue weighted by atomic mass is 9.96. The Hall–Kier alpha value is -3.07. The van der Waals surface area contributed by atoms with Crippen LogP contribution in [0.1, 0.15) is 69.6 Å². The normalized spacial score (nSPS) is 14.7. The van der Waals surface area contributed by atoms with Gasteiger partial charge in [-0.1, -0.05) is 30.9 Å². The maximum absolute atomic E-state index is 11.8. The van der Waals surface area contributed by atoms with Gasteiger partial charge in [0.05, 0.1) is 5.56 Å². The summed E-state index contributed by atoms with van der Waals surface area (Å²) in [6.07, 6.45) is 6.61. The Balaban J connectivity index is 1.51. The van der Waals surface area contributed by atoms with Crippen molar-refractivity contribution in [3.8, 4) is 17.9 Å². The van der Waals surface area contributed by atoms with E-state index in [0.29, 0.717) is 12.6 Å². The molecule has 1 amide bonds. The Morgan fingerprint density at radius 1 is 1.13 bits per heavy atom. The molecule has 1 heterocycles. The minimum absolute atomic E-state index is 0.163. The molecule has 1 atom stereocenters. The first kappa shape index (κ1) is 21.6. The number of ether oxygens (including phenoxy) is 2. The SMILES string of the molecule is CC(CNC(=O)OC(C)(C)C)c1ccc(C#Cc2cnc(OC3CCC3)nc2)cc1. The van der Waals surface area contributed by atoms with Crippen LogP contribution in [0.25, 0.3) is 0 Å². The van der Waals surface area contributed by atoms with E-state index in [4.69, 9.17) is 9.47 Å². The number of rotatable bonds is 5. The third-order valence-corrected chi connectivity index (χ3v) is 4.73. The maximum atomic E-state index is 11.8. The van der Waals surface area contributed by atoms with E-state index in [0.717, 1.165) is 29.5 Å². The number of hydrogen-bond donors (Lipinski definition) is 1. The predicted molar refractivity (Wildman–Crippen MR) is 115 cm³/mol. The molecule has 0 spiro atoms. The second kappa shape index (κ2) is 9.62. The third-order valence-electron chi connectivity index (χ3n) is 4.73. The molecule has 3 rings (SSSR count). The van der Waals surface area contributed by atoms with Gasteiger partial charge in [0.15, 0.2) is 0 Å². The molecular weight excluding hydrogens is 378 g/mol. The highest BCUT2D eigenvalue weighted by molar-refractivity contribution is 5.67. The van der Waals surface area contributed by atoms with Crippen molar-refractivity contribution in [2.75, 3.05) is 6.54 Å². The molecule has 0 bridgehead atoms. The van der Waals surface area contributed by atoms with Crippen molar-refractivity contribution >= 4 is 6.09 Å². The van der Waals surface area contributed by atoms with Gasteiger partial charge in [-0.25, -0.2) is 14.8 Å². The van der Waals surface area contributed by atoms with E-state index in [1.807, 2.05) is 45.0 Å². The third kappa shape index (κ3) is 6.77. The molecule has 1 aromatic carbocycles. The summed E-state index contributed by atoms with van der Waals surface area (Å²) < 4.78 is 10.9. The smallest absolute Gasteiger partial charge is 0.407 e. The fourth-order valence-electron chi connectivity index (χ4n) is 2.79. The van der Waals surface area contributed by atoms with Crippen molar-refractivity contribution in [3.63, 3.8) is 0 Å². The fraction of sp³-hybridized carbons (Fsp3) is 0.458. The molecule has 1 aliphatic rings. The summed E-state index contributed by atoms with van der Waals surface area (Å²) in [4.78, 5) is 20.2. The van der Waals surface area contributed by atoms with Crippen LogP contribution in [0.15, 0.2) is 36.7 Å². The highest BCUT2D eigenvalue weighted by Gasteiger charge is 2.20. The van der Waals surface area contributed by atoms with Crippen LogP contribution in [0.2, 0.25) is 0 Å². The van der Waals surface area contributed by atoms with E-state index in [2.05, 4.69) is 34.0 Å². The monoisotopic (exact) mass is 407 g/mol. The number of carbonyl (C=O) groups excluding carboxylic acids is 1. The Labute approximate surface area is 178 Å². The van der Waals surface area contributed by atoms with E-state index in [1.165, 1.54) is 6.42 Å². The molecule has 2 aromatic rings. The number of nitrogens with one attached hydrogen (secondary N) is 1. The standard InChI is InChI=1S/C24H29N3O3/c1-17(14-27-23(28)30-24(2,3)4)20-12-10-18(11-13-20)8-9-19-15-25-22(26-16-19)29-21-6-5-7-21/h10-13,15-17,21H,5-7,14H2,1-4H3,(H,27,28). The van der Waals surface area contributed by atoms with Crippen molar-refractivity contribution in [1.82, 2.24) is 15.3 Å². The Morgan fingerprint density at radius 3 is 2.33 bits per heavy atom. The highest BCUT2D eigenvalue weighted by atomic mass is 16.6. The van der Waals surface area contributed by atoms with Crippen LogP contribution < -0.4 is 10.1 Å². The molecule has 30 heavy (non-hydrogen) atoms. The first-order valence-corrected chi connectivity index (χ1v) is 10.4. The number of carbonyl (C=O) groups is 1. The second-order valence-electron chi connectivity index (χ2n) is 8.58. The van der Waals surface area contributed by atoms with E-state index in [-0.39, 0.29) is 12.0 Å². The van der Waals surface area contributed by atoms with Crippen molar-refractivity contribution in [2.45, 2.75) is 64.6 Å². The molecule has 1 saturated carbocycles. The Bertz CT molecular complexity index is 902. The molecule has 0 radical (unpaired) electrons. The number of amides is 1. The first-order valence-electron chi connectivity index (χ1n) is 10.4. The molecule has 0 saturated heterocycles. The van der Waals surface area contributed by atoms with Gasteiger partial charge in [-0.05, 0) is 63.6 Å². The quantitative estimate of drug-likeness (QED) is 0.742. The average molecular weight is 408 g/mol. The van der Waals surface area contributed by atoms with Crippen LogP contribution in [0.5, 0.6) is 6.01 Å². The summed E-state index contributed by atoms with van der Waals surface area (Å²) in [7, 11) is 0. The van der Waals surface area contributed by atoms with Crippen LogP contribution in [-0.4, -0.2) is 34.3 Å². The Morgan fingerprint density at radius 2 is 1.77 bits per heavy atom. The Kier molecular flexibility index (Phi) is 6.94. The number of aromatic nitrogens is 2. The molecule has 6 heteroatoms. The number of benzene rings is 1. The number of hydrogen-bond acceptors (Lipinski definition) is 5. The molecule has 1 aliphatic carbocycles. The largest absolute Gasteiger partial charge is 0.460 e. The summed E-state index contributed by atoms with van der Waals surface area (Å²) >= 11 is 0. The number of nitrogens with zero attached hydrogens (tertiary/aromatic N) is 2. The predicted octanol–water partition coefficient (Wildman–Crippen LogP) is 4.44. The zero-order valence-electron chi connectivity index (χ0n) is 18.1. The lowest BCUT2D eigenvalue weighted by Crippen LogP contribution is -2.34. The van der Waals surface area contributed by atoms with E-state index >= 15 is 0 Å². The van der Waals surface area contributed by atoms with Crippen molar-refractivity contribution < 1.29 is 14.3 Å². The molecule has 1 fully saturated rings.